The Kier molecular flexibility index (Phi) is 3.37. The first-order valence-electron chi connectivity index (χ1n) is 6.41. The molecule has 0 amide bonds. The van der Waals surface area contributed by atoms with Crippen LogP contribution in [0.1, 0.15) is 5.69 Å². The summed E-state index contributed by atoms with van der Waals surface area (Å²) in [6.07, 6.45) is 1.78. The fourth-order valence-corrected chi connectivity index (χ4v) is 1.87. The lowest BCUT2D eigenvalue weighted by molar-refractivity contribution is 0.483. The number of imidazole rings is 1. The molecule has 100 valence electrons. The third-order valence-corrected chi connectivity index (χ3v) is 2.78. The van der Waals surface area contributed by atoms with Gasteiger partial charge in [-0.1, -0.05) is 24.3 Å². The van der Waals surface area contributed by atoms with Crippen molar-refractivity contribution in [2.24, 2.45) is 0 Å². The first-order chi connectivity index (χ1) is 9.79. The van der Waals surface area contributed by atoms with Crippen LogP contribution in [0.5, 0.6) is 11.5 Å². The molecular weight excluding hydrogens is 250 g/mol. The number of anilines is 2. The van der Waals surface area contributed by atoms with E-state index in [4.69, 9.17) is 4.74 Å². The molecule has 0 saturated heterocycles. The Balaban J connectivity index is 1.76. The number of aryl methyl sites for hydroxylation is 1. The molecule has 0 aliphatic carbocycles. The quantitative estimate of drug-likeness (QED) is 0.741. The third kappa shape index (κ3) is 2.98. The third-order valence-electron chi connectivity index (χ3n) is 2.78. The highest BCUT2D eigenvalue weighted by Gasteiger charge is 2.01. The summed E-state index contributed by atoms with van der Waals surface area (Å²) in [6.45, 7) is 1.97. The van der Waals surface area contributed by atoms with Gasteiger partial charge in [0.15, 0.2) is 0 Å². The van der Waals surface area contributed by atoms with Gasteiger partial charge in [-0.2, -0.15) is 0 Å². The van der Waals surface area contributed by atoms with E-state index in [1.54, 1.807) is 6.20 Å². The normalized spacial score (nSPS) is 10.2. The van der Waals surface area contributed by atoms with Crippen LogP contribution < -0.4 is 10.1 Å². The van der Waals surface area contributed by atoms with Gasteiger partial charge in [0, 0.05) is 23.6 Å². The highest BCUT2D eigenvalue weighted by molar-refractivity contribution is 5.56. The Hall–Kier alpha value is -2.75. The Morgan fingerprint density at radius 1 is 1.00 bits per heavy atom. The molecule has 4 nitrogen and oxygen atoms in total. The van der Waals surface area contributed by atoms with Crippen molar-refractivity contribution < 1.29 is 4.74 Å². The summed E-state index contributed by atoms with van der Waals surface area (Å²) in [7, 11) is 0. The van der Waals surface area contributed by atoms with Gasteiger partial charge in [-0.05, 0) is 31.2 Å². The molecule has 0 aliphatic rings. The molecule has 2 N–H and O–H groups in total. The molecular formula is C16H15N3O. The van der Waals surface area contributed by atoms with Gasteiger partial charge in [0.25, 0.3) is 0 Å². The van der Waals surface area contributed by atoms with Crippen LogP contribution in [0.2, 0.25) is 0 Å². The Morgan fingerprint density at radius 3 is 2.55 bits per heavy atom. The number of nitrogens with one attached hydrogen (secondary N) is 2. The molecule has 0 aliphatic heterocycles. The molecule has 20 heavy (non-hydrogen) atoms. The second kappa shape index (κ2) is 5.48. The summed E-state index contributed by atoms with van der Waals surface area (Å²) >= 11 is 0. The van der Waals surface area contributed by atoms with Crippen molar-refractivity contribution in [2.75, 3.05) is 5.32 Å². The molecule has 3 rings (SSSR count). The lowest BCUT2D eigenvalue weighted by Crippen LogP contribution is -1.93. The van der Waals surface area contributed by atoms with E-state index >= 15 is 0 Å². The van der Waals surface area contributed by atoms with E-state index in [1.807, 2.05) is 61.5 Å². The molecule has 2 aromatic carbocycles. The highest BCUT2D eigenvalue weighted by atomic mass is 16.5. The predicted molar refractivity (Wildman–Crippen MR) is 79.6 cm³/mol. The highest BCUT2D eigenvalue weighted by Crippen LogP contribution is 2.24. The fraction of sp³-hybridized carbons (Fsp3) is 0.0625. The standard InChI is InChI=1S/C16H15N3O/c1-12-11-17-16(18-12)19-13-6-5-9-15(10-13)20-14-7-3-2-4-8-14/h2-11H,1H3,(H2,17,18,19). The van der Waals surface area contributed by atoms with Crippen molar-refractivity contribution in [2.45, 2.75) is 6.92 Å². The average Bonchev–Trinajstić information content (AvgIpc) is 2.86. The van der Waals surface area contributed by atoms with Crippen LogP contribution in [0.3, 0.4) is 0 Å². The van der Waals surface area contributed by atoms with E-state index in [0.717, 1.165) is 28.8 Å². The minimum Gasteiger partial charge on any atom is -0.457 e. The zero-order valence-corrected chi connectivity index (χ0v) is 11.1. The zero-order chi connectivity index (χ0) is 13.8. The summed E-state index contributed by atoms with van der Waals surface area (Å²) in [5.41, 5.74) is 1.94. The van der Waals surface area contributed by atoms with Crippen LogP contribution in [0.4, 0.5) is 11.6 Å². The van der Waals surface area contributed by atoms with Gasteiger partial charge < -0.3 is 15.0 Å². The van der Waals surface area contributed by atoms with Gasteiger partial charge in [0.2, 0.25) is 5.95 Å². The molecule has 3 aromatic rings. The van der Waals surface area contributed by atoms with Gasteiger partial charge in [-0.25, -0.2) is 4.98 Å². The number of para-hydroxylation sites is 1. The van der Waals surface area contributed by atoms with Crippen LogP contribution in [-0.2, 0) is 0 Å². The van der Waals surface area contributed by atoms with Gasteiger partial charge in [-0.3, -0.25) is 0 Å². The minimum absolute atomic E-state index is 0.722. The molecule has 0 atom stereocenters. The van der Waals surface area contributed by atoms with Crippen molar-refractivity contribution in [3.63, 3.8) is 0 Å². The lowest BCUT2D eigenvalue weighted by Gasteiger charge is -2.08. The number of benzene rings is 2. The summed E-state index contributed by atoms with van der Waals surface area (Å²) in [6, 6.07) is 17.5. The number of ether oxygens (including phenoxy) is 1. The van der Waals surface area contributed by atoms with Gasteiger partial charge >= 0.3 is 0 Å². The molecule has 0 fully saturated rings. The number of hydrogen-bond donors (Lipinski definition) is 2. The first kappa shape index (κ1) is 12.3. The van der Waals surface area contributed by atoms with Crippen molar-refractivity contribution in [1.29, 1.82) is 0 Å². The maximum atomic E-state index is 5.79. The number of aromatic nitrogens is 2. The minimum atomic E-state index is 0.722. The molecule has 0 bridgehead atoms. The molecule has 4 heteroatoms. The molecule has 1 heterocycles. The van der Waals surface area contributed by atoms with Crippen LogP contribution in [0.25, 0.3) is 0 Å². The maximum absolute atomic E-state index is 5.79. The molecule has 0 spiro atoms. The van der Waals surface area contributed by atoms with E-state index in [-0.39, 0.29) is 0 Å². The maximum Gasteiger partial charge on any atom is 0.204 e. The molecule has 0 radical (unpaired) electrons. The number of nitrogens with zero attached hydrogens (tertiary/aromatic N) is 1. The van der Waals surface area contributed by atoms with E-state index in [2.05, 4.69) is 15.3 Å². The van der Waals surface area contributed by atoms with Gasteiger partial charge in [0.1, 0.15) is 11.5 Å². The van der Waals surface area contributed by atoms with Crippen molar-refractivity contribution >= 4 is 11.6 Å². The summed E-state index contributed by atoms with van der Waals surface area (Å²) in [5.74, 6) is 2.32. The number of H-pyrrole nitrogens is 1. The van der Waals surface area contributed by atoms with Crippen molar-refractivity contribution in [3.8, 4) is 11.5 Å². The van der Waals surface area contributed by atoms with Crippen molar-refractivity contribution in [3.05, 3.63) is 66.5 Å². The second-order valence-electron chi connectivity index (χ2n) is 4.48. The van der Waals surface area contributed by atoms with Crippen LogP contribution in [-0.4, -0.2) is 9.97 Å². The summed E-state index contributed by atoms with van der Waals surface area (Å²) in [5, 5.41) is 3.20. The van der Waals surface area contributed by atoms with Crippen LogP contribution in [0.15, 0.2) is 60.8 Å². The van der Waals surface area contributed by atoms with E-state index in [9.17, 15) is 0 Å². The van der Waals surface area contributed by atoms with Crippen LogP contribution in [0, 0.1) is 6.92 Å². The molecule has 1 aromatic heterocycles. The number of rotatable bonds is 4. The predicted octanol–water partition coefficient (Wildman–Crippen LogP) is 4.25. The number of hydrogen-bond acceptors (Lipinski definition) is 3. The molecule has 0 saturated carbocycles. The first-order valence-corrected chi connectivity index (χ1v) is 6.41. The van der Waals surface area contributed by atoms with Gasteiger partial charge in [0.05, 0.1) is 0 Å². The lowest BCUT2D eigenvalue weighted by atomic mass is 10.3. The number of aromatic amines is 1. The summed E-state index contributed by atoms with van der Waals surface area (Å²) in [4.78, 5) is 7.35. The van der Waals surface area contributed by atoms with E-state index < -0.39 is 0 Å². The van der Waals surface area contributed by atoms with E-state index in [0.29, 0.717) is 0 Å². The SMILES string of the molecule is Cc1cnc(Nc2cccc(Oc3ccccc3)c2)[nH]1. The van der Waals surface area contributed by atoms with Crippen molar-refractivity contribution in [1.82, 2.24) is 9.97 Å². The Labute approximate surface area is 117 Å². The Bertz CT molecular complexity index is 692. The second-order valence-corrected chi connectivity index (χ2v) is 4.48. The van der Waals surface area contributed by atoms with Gasteiger partial charge in [-0.15, -0.1) is 0 Å². The topological polar surface area (TPSA) is 49.9 Å². The zero-order valence-electron chi connectivity index (χ0n) is 11.1. The monoisotopic (exact) mass is 265 g/mol. The largest absolute Gasteiger partial charge is 0.457 e. The van der Waals surface area contributed by atoms with Crippen LogP contribution >= 0.6 is 0 Å². The Morgan fingerprint density at radius 2 is 1.80 bits per heavy atom. The molecule has 0 unspecified atom stereocenters. The summed E-state index contributed by atoms with van der Waals surface area (Å²) < 4.78 is 5.79. The fourth-order valence-electron chi connectivity index (χ4n) is 1.87. The average molecular weight is 265 g/mol. The smallest absolute Gasteiger partial charge is 0.204 e. The van der Waals surface area contributed by atoms with E-state index in [1.165, 1.54) is 0 Å².